The standard InChI is InChI=1S/C21H23Cl2N3O2/c1-15-5-2-6-16(13-15)21(28)26-10-4-9-25(11-12-26)14-19(27)24-20-17(22)7-3-8-18(20)23/h2-3,5-8,13H,4,9-12,14H2,1H3,(H,24,27). The Bertz CT molecular complexity index is 852. The summed E-state index contributed by atoms with van der Waals surface area (Å²) >= 11 is 12.2. The molecule has 0 aromatic heterocycles. The van der Waals surface area contributed by atoms with Crippen LogP contribution < -0.4 is 5.32 Å². The van der Waals surface area contributed by atoms with Gasteiger partial charge in [0.25, 0.3) is 5.91 Å². The first-order valence-electron chi connectivity index (χ1n) is 9.26. The highest BCUT2D eigenvalue weighted by Gasteiger charge is 2.22. The molecule has 0 spiro atoms. The predicted octanol–water partition coefficient (Wildman–Crippen LogP) is 4.09. The number of carbonyl (C=O) groups is 2. The highest BCUT2D eigenvalue weighted by Crippen LogP contribution is 2.29. The molecule has 7 heteroatoms. The summed E-state index contributed by atoms with van der Waals surface area (Å²) in [4.78, 5) is 29.1. The molecule has 148 valence electrons. The molecule has 2 aromatic carbocycles. The van der Waals surface area contributed by atoms with Crippen LogP contribution in [0.1, 0.15) is 22.3 Å². The van der Waals surface area contributed by atoms with Gasteiger partial charge in [-0.2, -0.15) is 0 Å². The Kier molecular flexibility index (Phi) is 6.94. The lowest BCUT2D eigenvalue weighted by atomic mass is 10.1. The molecule has 0 radical (unpaired) electrons. The number of nitrogens with zero attached hydrogens (tertiary/aromatic N) is 2. The molecule has 1 aliphatic heterocycles. The highest BCUT2D eigenvalue weighted by atomic mass is 35.5. The van der Waals surface area contributed by atoms with E-state index in [0.717, 1.165) is 18.5 Å². The molecule has 1 fully saturated rings. The van der Waals surface area contributed by atoms with Crippen molar-refractivity contribution in [2.24, 2.45) is 0 Å². The minimum atomic E-state index is -0.173. The van der Waals surface area contributed by atoms with Crippen molar-refractivity contribution in [2.45, 2.75) is 13.3 Å². The molecule has 1 heterocycles. The number of anilines is 1. The van der Waals surface area contributed by atoms with Crippen molar-refractivity contribution in [3.8, 4) is 0 Å². The number of nitrogens with one attached hydrogen (secondary N) is 1. The average molecular weight is 420 g/mol. The predicted molar refractivity (Wildman–Crippen MR) is 113 cm³/mol. The SMILES string of the molecule is Cc1cccc(C(=O)N2CCCN(CC(=O)Nc3c(Cl)cccc3Cl)CC2)c1. The second kappa shape index (κ2) is 9.41. The van der Waals surface area contributed by atoms with E-state index >= 15 is 0 Å². The molecular weight excluding hydrogens is 397 g/mol. The Morgan fingerprint density at radius 1 is 1.00 bits per heavy atom. The van der Waals surface area contributed by atoms with Gasteiger partial charge < -0.3 is 10.2 Å². The van der Waals surface area contributed by atoms with E-state index in [-0.39, 0.29) is 18.4 Å². The Balaban J connectivity index is 1.56. The van der Waals surface area contributed by atoms with Crippen LogP contribution in [0.2, 0.25) is 10.0 Å². The van der Waals surface area contributed by atoms with Crippen molar-refractivity contribution in [1.82, 2.24) is 9.80 Å². The first-order valence-corrected chi connectivity index (χ1v) is 10.0. The second-order valence-corrected chi connectivity index (χ2v) is 7.75. The van der Waals surface area contributed by atoms with Gasteiger partial charge in [-0.1, -0.05) is 47.0 Å². The van der Waals surface area contributed by atoms with Crippen molar-refractivity contribution < 1.29 is 9.59 Å². The molecule has 1 saturated heterocycles. The molecule has 1 N–H and O–H groups in total. The third-order valence-corrected chi connectivity index (χ3v) is 5.37. The summed E-state index contributed by atoms with van der Waals surface area (Å²) in [5, 5.41) is 3.61. The smallest absolute Gasteiger partial charge is 0.253 e. The number of hydrogen-bond acceptors (Lipinski definition) is 3. The quantitative estimate of drug-likeness (QED) is 0.811. The average Bonchev–Trinajstić information content (AvgIpc) is 2.90. The van der Waals surface area contributed by atoms with Crippen LogP contribution in [0.25, 0.3) is 0 Å². The lowest BCUT2D eigenvalue weighted by Crippen LogP contribution is -2.38. The molecule has 2 amide bonds. The Morgan fingerprint density at radius 3 is 2.43 bits per heavy atom. The van der Waals surface area contributed by atoms with Crippen molar-refractivity contribution in [2.75, 3.05) is 38.0 Å². The van der Waals surface area contributed by atoms with Crippen LogP contribution in [0.3, 0.4) is 0 Å². The van der Waals surface area contributed by atoms with Crippen molar-refractivity contribution in [3.05, 3.63) is 63.6 Å². The maximum atomic E-state index is 12.7. The normalized spacial score (nSPS) is 15.2. The van der Waals surface area contributed by atoms with Gasteiger partial charge in [0.05, 0.1) is 22.3 Å². The van der Waals surface area contributed by atoms with Gasteiger partial charge in [-0.25, -0.2) is 0 Å². The summed E-state index contributed by atoms with van der Waals surface area (Å²) in [5.41, 5.74) is 2.21. The molecule has 0 bridgehead atoms. The van der Waals surface area contributed by atoms with Gasteiger partial charge in [-0.3, -0.25) is 14.5 Å². The lowest BCUT2D eigenvalue weighted by Gasteiger charge is -2.22. The summed E-state index contributed by atoms with van der Waals surface area (Å²) in [5.74, 6) is -0.133. The number of rotatable bonds is 4. The Morgan fingerprint density at radius 2 is 1.71 bits per heavy atom. The summed E-state index contributed by atoms with van der Waals surface area (Å²) in [6.07, 6.45) is 0.817. The first kappa shape index (κ1) is 20.6. The highest BCUT2D eigenvalue weighted by molar-refractivity contribution is 6.39. The van der Waals surface area contributed by atoms with Gasteiger partial charge in [0.1, 0.15) is 0 Å². The van der Waals surface area contributed by atoms with Crippen LogP contribution in [0.5, 0.6) is 0 Å². The van der Waals surface area contributed by atoms with E-state index in [4.69, 9.17) is 23.2 Å². The molecule has 1 aliphatic rings. The van der Waals surface area contributed by atoms with E-state index in [0.29, 0.717) is 40.9 Å². The molecule has 2 aromatic rings. The summed E-state index contributed by atoms with van der Waals surface area (Å²) in [7, 11) is 0. The van der Waals surface area contributed by atoms with Crippen molar-refractivity contribution in [3.63, 3.8) is 0 Å². The van der Waals surface area contributed by atoms with Crippen molar-refractivity contribution in [1.29, 1.82) is 0 Å². The Labute approximate surface area is 175 Å². The second-order valence-electron chi connectivity index (χ2n) is 6.94. The maximum Gasteiger partial charge on any atom is 0.253 e. The van der Waals surface area contributed by atoms with Crippen LogP contribution in [-0.2, 0) is 4.79 Å². The maximum absolute atomic E-state index is 12.7. The van der Waals surface area contributed by atoms with Gasteiger partial charge in [0.15, 0.2) is 0 Å². The number of benzene rings is 2. The molecule has 0 atom stereocenters. The first-order chi connectivity index (χ1) is 13.4. The number of hydrogen-bond donors (Lipinski definition) is 1. The van der Waals surface area contributed by atoms with Gasteiger partial charge in [-0.05, 0) is 37.6 Å². The number of aryl methyl sites for hydroxylation is 1. The van der Waals surface area contributed by atoms with E-state index in [1.807, 2.05) is 41.0 Å². The molecule has 0 aliphatic carbocycles. The molecule has 0 unspecified atom stereocenters. The summed E-state index contributed by atoms with van der Waals surface area (Å²) < 4.78 is 0. The monoisotopic (exact) mass is 419 g/mol. The number of para-hydroxylation sites is 1. The van der Waals surface area contributed by atoms with Gasteiger partial charge in [0.2, 0.25) is 5.91 Å². The van der Waals surface area contributed by atoms with E-state index in [1.165, 1.54) is 0 Å². The molecule has 28 heavy (non-hydrogen) atoms. The summed E-state index contributed by atoms with van der Waals surface area (Å²) in [6, 6.07) is 12.7. The van der Waals surface area contributed by atoms with Gasteiger partial charge >= 0.3 is 0 Å². The zero-order valence-electron chi connectivity index (χ0n) is 15.8. The fourth-order valence-corrected chi connectivity index (χ4v) is 3.78. The number of carbonyl (C=O) groups excluding carboxylic acids is 2. The van der Waals surface area contributed by atoms with Crippen LogP contribution in [0, 0.1) is 6.92 Å². The van der Waals surface area contributed by atoms with Crippen LogP contribution in [0.15, 0.2) is 42.5 Å². The number of halogens is 2. The number of amides is 2. The van der Waals surface area contributed by atoms with Gasteiger partial charge in [-0.15, -0.1) is 0 Å². The zero-order valence-corrected chi connectivity index (χ0v) is 17.3. The largest absolute Gasteiger partial charge is 0.337 e. The van der Waals surface area contributed by atoms with Crippen molar-refractivity contribution >= 4 is 40.7 Å². The zero-order chi connectivity index (χ0) is 20.1. The fraction of sp³-hybridized carbons (Fsp3) is 0.333. The van der Waals surface area contributed by atoms with E-state index in [9.17, 15) is 9.59 Å². The van der Waals surface area contributed by atoms with Gasteiger partial charge in [0, 0.05) is 31.7 Å². The molecule has 3 rings (SSSR count). The van der Waals surface area contributed by atoms with E-state index in [2.05, 4.69) is 5.32 Å². The third-order valence-electron chi connectivity index (χ3n) is 4.74. The molecule has 0 saturated carbocycles. The summed E-state index contributed by atoms with van der Waals surface area (Å²) in [6.45, 7) is 4.87. The van der Waals surface area contributed by atoms with Crippen LogP contribution in [0.4, 0.5) is 5.69 Å². The van der Waals surface area contributed by atoms with E-state index in [1.54, 1.807) is 18.2 Å². The minimum Gasteiger partial charge on any atom is -0.337 e. The minimum absolute atomic E-state index is 0.0397. The van der Waals surface area contributed by atoms with E-state index < -0.39 is 0 Å². The third kappa shape index (κ3) is 5.25. The Hall–Kier alpha value is -2.08. The molecule has 5 nitrogen and oxygen atoms in total. The molecular formula is C21H23Cl2N3O2. The van der Waals surface area contributed by atoms with Crippen LogP contribution in [-0.4, -0.2) is 54.3 Å². The lowest BCUT2D eigenvalue weighted by molar-refractivity contribution is -0.117. The fourth-order valence-electron chi connectivity index (χ4n) is 3.29. The topological polar surface area (TPSA) is 52.7 Å². The van der Waals surface area contributed by atoms with Crippen LogP contribution >= 0.6 is 23.2 Å².